The molecule has 1 aromatic carbocycles. The Bertz CT molecular complexity index is 541. The molecule has 1 aliphatic heterocycles. The molecule has 3 atom stereocenters. The first kappa shape index (κ1) is 17.4. The molecule has 2 rings (SSSR count). The van der Waals surface area contributed by atoms with Gasteiger partial charge in [-0.15, -0.1) is 0 Å². The molecule has 1 aliphatic rings. The van der Waals surface area contributed by atoms with Gasteiger partial charge in [0.15, 0.2) is 0 Å². The van der Waals surface area contributed by atoms with Crippen LogP contribution in [0, 0.1) is 0 Å². The third kappa shape index (κ3) is 6.07. The highest BCUT2D eigenvalue weighted by Crippen LogP contribution is 2.28. The first-order valence-electron chi connectivity index (χ1n) is 8.04. The van der Waals surface area contributed by atoms with Gasteiger partial charge in [-0.2, -0.15) is 8.42 Å². The van der Waals surface area contributed by atoms with Gasteiger partial charge in [0.25, 0.3) is 10.1 Å². The summed E-state index contributed by atoms with van der Waals surface area (Å²) in [5.74, 6) is 0. The number of ether oxygens (including phenoxy) is 1. The predicted octanol–water partition coefficient (Wildman–Crippen LogP) is 3.31. The number of hydrogen-bond acceptors (Lipinski definition) is 4. The Morgan fingerprint density at radius 2 is 1.77 bits per heavy atom. The molecule has 0 spiro atoms. The lowest BCUT2D eigenvalue weighted by atomic mass is 9.95. The van der Waals surface area contributed by atoms with Crippen molar-refractivity contribution in [3.63, 3.8) is 0 Å². The van der Waals surface area contributed by atoms with E-state index in [1.807, 2.05) is 18.2 Å². The molecule has 4 nitrogen and oxygen atoms in total. The van der Waals surface area contributed by atoms with Crippen LogP contribution in [-0.2, 0) is 25.5 Å². The molecule has 0 saturated carbocycles. The predicted molar refractivity (Wildman–Crippen MR) is 87.3 cm³/mol. The van der Waals surface area contributed by atoms with Crippen LogP contribution >= 0.6 is 0 Å². The summed E-state index contributed by atoms with van der Waals surface area (Å²) in [6.07, 6.45) is 6.18. The molecule has 1 fully saturated rings. The molecule has 0 N–H and O–H groups in total. The first-order valence-corrected chi connectivity index (χ1v) is 9.85. The summed E-state index contributed by atoms with van der Waals surface area (Å²) in [6.45, 7) is 2.11. The average molecular weight is 326 g/mol. The molecule has 22 heavy (non-hydrogen) atoms. The van der Waals surface area contributed by atoms with Gasteiger partial charge in [-0.05, 0) is 24.8 Å². The largest absolute Gasteiger partial charge is 0.375 e. The van der Waals surface area contributed by atoms with E-state index in [9.17, 15) is 8.42 Å². The number of benzene rings is 1. The molecule has 1 aromatic rings. The van der Waals surface area contributed by atoms with Crippen molar-refractivity contribution in [1.29, 1.82) is 0 Å². The molecule has 1 saturated heterocycles. The molecule has 124 valence electrons. The van der Waals surface area contributed by atoms with Crippen molar-refractivity contribution in [3.8, 4) is 0 Å². The third-order valence-electron chi connectivity index (χ3n) is 3.96. The Morgan fingerprint density at radius 1 is 1.14 bits per heavy atom. The van der Waals surface area contributed by atoms with E-state index < -0.39 is 10.1 Å². The summed E-state index contributed by atoms with van der Waals surface area (Å²) in [7, 11) is -3.41. The fourth-order valence-electron chi connectivity index (χ4n) is 3.06. The van der Waals surface area contributed by atoms with Crippen LogP contribution in [0.1, 0.15) is 44.6 Å². The molecular formula is C17H26O4S. The lowest BCUT2D eigenvalue weighted by molar-refractivity contribution is -0.0924. The Labute approximate surface area is 134 Å². The maximum absolute atomic E-state index is 11.4. The number of hydrogen-bond donors (Lipinski definition) is 0. The van der Waals surface area contributed by atoms with E-state index in [0.717, 1.165) is 31.9 Å². The molecular weight excluding hydrogens is 300 g/mol. The van der Waals surface area contributed by atoms with Crippen molar-refractivity contribution in [2.45, 2.75) is 63.8 Å². The zero-order valence-corrected chi connectivity index (χ0v) is 14.2. The van der Waals surface area contributed by atoms with Gasteiger partial charge in [-0.3, -0.25) is 4.18 Å². The second-order valence-electron chi connectivity index (χ2n) is 6.09. The highest BCUT2D eigenvalue weighted by Gasteiger charge is 2.31. The van der Waals surface area contributed by atoms with Gasteiger partial charge in [0, 0.05) is 12.8 Å². The molecule has 0 aromatic heterocycles. The van der Waals surface area contributed by atoms with E-state index >= 15 is 0 Å². The van der Waals surface area contributed by atoms with Gasteiger partial charge < -0.3 is 4.74 Å². The van der Waals surface area contributed by atoms with E-state index in [-0.39, 0.29) is 18.3 Å². The van der Waals surface area contributed by atoms with Crippen LogP contribution < -0.4 is 0 Å². The highest BCUT2D eigenvalue weighted by molar-refractivity contribution is 7.86. The number of rotatable bonds is 7. The Hall–Kier alpha value is -0.910. The summed E-state index contributed by atoms with van der Waals surface area (Å²) in [6, 6.07) is 10.3. The smallest absolute Gasteiger partial charge is 0.264 e. The van der Waals surface area contributed by atoms with Gasteiger partial charge >= 0.3 is 0 Å². The molecule has 0 aliphatic carbocycles. The molecule has 5 heteroatoms. The van der Waals surface area contributed by atoms with Crippen LogP contribution in [0.2, 0.25) is 0 Å². The normalized spacial score (nSPS) is 26.0. The van der Waals surface area contributed by atoms with Crippen LogP contribution in [-0.4, -0.2) is 33.0 Å². The lowest BCUT2D eigenvalue weighted by Crippen LogP contribution is -2.38. The third-order valence-corrected chi connectivity index (χ3v) is 4.58. The van der Waals surface area contributed by atoms with E-state index in [1.165, 1.54) is 5.56 Å². The van der Waals surface area contributed by atoms with E-state index in [0.29, 0.717) is 12.8 Å². The van der Waals surface area contributed by atoms with Crippen LogP contribution in [0.25, 0.3) is 0 Å². The molecule has 0 unspecified atom stereocenters. The van der Waals surface area contributed by atoms with Crippen LogP contribution in [0.3, 0.4) is 0 Å². The minimum atomic E-state index is -3.41. The van der Waals surface area contributed by atoms with Gasteiger partial charge in [-0.1, -0.05) is 43.7 Å². The zero-order valence-electron chi connectivity index (χ0n) is 13.4. The minimum Gasteiger partial charge on any atom is -0.375 e. The number of aryl methyl sites for hydroxylation is 1. The van der Waals surface area contributed by atoms with Crippen molar-refractivity contribution in [1.82, 2.24) is 0 Å². The van der Waals surface area contributed by atoms with Crippen LogP contribution in [0.5, 0.6) is 0 Å². The van der Waals surface area contributed by atoms with Gasteiger partial charge in [0.05, 0.1) is 24.6 Å². The SMILES string of the molecule is CCC[C@H]1C[C@@H](OS(C)(=O)=O)C[C@@H](CCc2ccccc2)O1. The van der Waals surface area contributed by atoms with E-state index in [4.69, 9.17) is 8.92 Å². The van der Waals surface area contributed by atoms with E-state index in [2.05, 4.69) is 19.1 Å². The van der Waals surface area contributed by atoms with Gasteiger partial charge in [-0.25, -0.2) is 0 Å². The lowest BCUT2D eigenvalue weighted by Gasteiger charge is -2.35. The molecule has 0 radical (unpaired) electrons. The Morgan fingerprint density at radius 3 is 2.36 bits per heavy atom. The van der Waals surface area contributed by atoms with Crippen molar-refractivity contribution >= 4 is 10.1 Å². The summed E-state index contributed by atoms with van der Waals surface area (Å²) < 4.78 is 34.1. The zero-order chi connectivity index (χ0) is 16.0. The average Bonchev–Trinajstić information content (AvgIpc) is 2.44. The first-order chi connectivity index (χ1) is 10.5. The molecule has 0 bridgehead atoms. The maximum Gasteiger partial charge on any atom is 0.264 e. The monoisotopic (exact) mass is 326 g/mol. The van der Waals surface area contributed by atoms with Gasteiger partial charge in [0.2, 0.25) is 0 Å². The summed E-state index contributed by atoms with van der Waals surface area (Å²) in [5, 5.41) is 0. The van der Waals surface area contributed by atoms with E-state index in [1.54, 1.807) is 0 Å². The fourth-order valence-corrected chi connectivity index (χ4v) is 3.71. The Kier molecular flexibility index (Phi) is 6.41. The minimum absolute atomic E-state index is 0.0669. The second-order valence-corrected chi connectivity index (χ2v) is 7.69. The fraction of sp³-hybridized carbons (Fsp3) is 0.647. The Balaban J connectivity index is 1.93. The molecule has 1 heterocycles. The standard InChI is InChI=1S/C17H26O4S/c1-3-7-15-12-17(21-22(2,18)19)13-16(20-15)11-10-14-8-5-4-6-9-14/h4-6,8-9,15-17H,3,7,10-13H2,1-2H3/t15-,16+,17+/m0/s1. The van der Waals surface area contributed by atoms with Gasteiger partial charge in [0.1, 0.15) is 0 Å². The van der Waals surface area contributed by atoms with Crippen molar-refractivity contribution in [3.05, 3.63) is 35.9 Å². The van der Waals surface area contributed by atoms with Crippen molar-refractivity contribution in [2.75, 3.05) is 6.26 Å². The highest BCUT2D eigenvalue weighted by atomic mass is 32.2. The van der Waals surface area contributed by atoms with Crippen molar-refractivity contribution in [2.24, 2.45) is 0 Å². The van der Waals surface area contributed by atoms with Crippen LogP contribution in [0.15, 0.2) is 30.3 Å². The van der Waals surface area contributed by atoms with Crippen LogP contribution in [0.4, 0.5) is 0 Å². The molecule has 0 amide bonds. The summed E-state index contributed by atoms with van der Waals surface area (Å²) in [5.41, 5.74) is 1.28. The maximum atomic E-state index is 11.4. The topological polar surface area (TPSA) is 52.6 Å². The summed E-state index contributed by atoms with van der Waals surface area (Å²) >= 11 is 0. The quantitative estimate of drug-likeness (QED) is 0.721. The summed E-state index contributed by atoms with van der Waals surface area (Å²) in [4.78, 5) is 0. The van der Waals surface area contributed by atoms with Crippen molar-refractivity contribution < 1.29 is 17.3 Å². The second kappa shape index (κ2) is 8.09.